The Morgan fingerprint density at radius 2 is 2.22 bits per heavy atom. The van der Waals surface area contributed by atoms with Crippen molar-refractivity contribution in [1.29, 1.82) is 0 Å². The molecule has 1 fully saturated rings. The first-order valence-corrected chi connectivity index (χ1v) is 7.96. The van der Waals surface area contributed by atoms with Crippen LogP contribution in [0.2, 0.25) is 0 Å². The van der Waals surface area contributed by atoms with E-state index in [9.17, 15) is 9.59 Å². The molecule has 0 spiro atoms. The van der Waals surface area contributed by atoms with Crippen molar-refractivity contribution >= 4 is 11.9 Å². The maximum atomic E-state index is 12.5. The van der Waals surface area contributed by atoms with E-state index in [2.05, 4.69) is 0 Å². The van der Waals surface area contributed by atoms with Crippen LogP contribution in [0.1, 0.15) is 18.4 Å². The molecule has 0 saturated carbocycles. The zero-order valence-corrected chi connectivity index (χ0v) is 13.8. The van der Waals surface area contributed by atoms with Gasteiger partial charge in [0.25, 0.3) is 0 Å². The highest BCUT2D eigenvalue weighted by Crippen LogP contribution is 2.18. The molecule has 6 nitrogen and oxygen atoms in total. The molecule has 2 N–H and O–H groups in total. The van der Waals surface area contributed by atoms with Gasteiger partial charge in [0, 0.05) is 20.1 Å². The summed E-state index contributed by atoms with van der Waals surface area (Å²) >= 11 is 0. The van der Waals surface area contributed by atoms with Crippen LogP contribution in [0.15, 0.2) is 24.3 Å². The molecule has 1 saturated heterocycles. The number of rotatable bonds is 5. The summed E-state index contributed by atoms with van der Waals surface area (Å²) in [7, 11) is 1.77. The van der Waals surface area contributed by atoms with Gasteiger partial charge in [-0.2, -0.15) is 0 Å². The average molecular weight is 319 g/mol. The summed E-state index contributed by atoms with van der Waals surface area (Å²) in [5, 5.41) is 0. The first kappa shape index (κ1) is 17.1. The molecule has 3 amide bonds. The minimum absolute atomic E-state index is 0.0452. The van der Waals surface area contributed by atoms with E-state index >= 15 is 0 Å². The third-order valence-corrected chi connectivity index (χ3v) is 4.14. The number of likely N-dealkylation sites (N-methyl/N-ethyl adjacent to an activating group) is 1. The third-order valence-electron chi connectivity index (χ3n) is 4.14. The second kappa shape index (κ2) is 7.85. The summed E-state index contributed by atoms with van der Waals surface area (Å²) < 4.78 is 5.68. The van der Waals surface area contributed by atoms with Crippen molar-refractivity contribution in [3.8, 4) is 5.75 Å². The van der Waals surface area contributed by atoms with Crippen LogP contribution in [0.25, 0.3) is 0 Å². The van der Waals surface area contributed by atoms with Crippen LogP contribution in [0.4, 0.5) is 4.79 Å². The van der Waals surface area contributed by atoms with Crippen molar-refractivity contribution in [3.05, 3.63) is 29.8 Å². The smallest absolute Gasteiger partial charge is 0.314 e. The molecule has 2 rings (SSSR count). The highest BCUT2D eigenvalue weighted by Gasteiger charge is 2.29. The Bertz CT molecular complexity index is 562. The number of aryl methyl sites for hydroxylation is 1. The molecule has 0 radical (unpaired) electrons. The quantitative estimate of drug-likeness (QED) is 0.896. The second-order valence-electron chi connectivity index (χ2n) is 6.05. The van der Waals surface area contributed by atoms with Gasteiger partial charge < -0.3 is 20.3 Å². The molecular weight excluding hydrogens is 294 g/mol. The Labute approximate surface area is 137 Å². The average Bonchev–Trinajstić information content (AvgIpc) is 2.54. The van der Waals surface area contributed by atoms with Crippen molar-refractivity contribution in [2.75, 3.05) is 33.3 Å². The fourth-order valence-corrected chi connectivity index (χ4v) is 2.81. The van der Waals surface area contributed by atoms with Crippen LogP contribution in [-0.2, 0) is 4.79 Å². The lowest BCUT2D eigenvalue weighted by atomic mass is 9.97. The van der Waals surface area contributed by atoms with Crippen LogP contribution < -0.4 is 10.5 Å². The van der Waals surface area contributed by atoms with E-state index in [4.69, 9.17) is 10.5 Å². The normalized spacial score (nSPS) is 17.7. The van der Waals surface area contributed by atoms with Crippen LogP contribution in [-0.4, -0.2) is 55.0 Å². The van der Waals surface area contributed by atoms with Crippen molar-refractivity contribution < 1.29 is 14.3 Å². The van der Waals surface area contributed by atoms with Crippen molar-refractivity contribution in [1.82, 2.24) is 9.80 Å². The van der Waals surface area contributed by atoms with Gasteiger partial charge in [0.15, 0.2) is 0 Å². The molecular formula is C17H25N3O3. The SMILES string of the molecule is Cc1cccc(OCCN(C)C(=O)C2CCCN(C(N)=O)C2)c1. The van der Waals surface area contributed by atoms with Gasteiger partial charge in [-0.05, 0) is 37.5 Å². The van der Waals surface area contributed by atoms with Gasteiger partial charge >= 0.3 is 6.03 Å². The maximum absolute atomic E-state index is 12.5. The second-order valence-corrected chi connectivity index (χ2v) is 6.05. The number of carbonyl (C=O) groups is 2. The van der Waals surface area contributed by atoms with Gasteiger partial charge in [-0.15, -0.1) is 0 Å². The molecule has 126 valence electrons. The molecule has 23 heavy (non-hydrogen) atoms. The summed E-state index contributed by atoms with van der Waals surface area (Å²) in [5.41, 5.74) is 6.44. The largest absolute Gasteiger partial charge is 0.492 e. The van der Waals surface area contributed by atoms with Gasteiger partial charge in [-0.3, -0.25) is 4.79 Å². The standard InChI is InChI=1S/C17H25N3O3/c1-13-5-3-7-15(11-13)23-10-9-19(2)16(21)14-6-4-8-20(12-14)17(18)22/h3,5,7,11,14H,4,6,8-10,12H2,1-2H3,(H2,18,22). The predicted molar refractivity (Wildman–Crippen MR) is 88.2 cm³/mol. The molecule has 1 aliphatic rings. The number of primary amides is 1. The van der Waals surface area contributed by atoms with Crippen LogP contribution in [0.5, 0.6) is 5.75 Å². The van der Waals surface area contributed by atoms with Crippen molar-refractivity contribution in [2.45, 2.75) is 19.8 Å². The van der Waals surface area contributed by atoms with E-state index in [1.165, 1.54) is 0 Å². The number of nitrogens with two attached hydrogens (primary N) is 1. The van der Waals surface area contributed by atoms with E-state index in [1.807, 2.05) is 31.2 Å². The molecule has 1 aromatic rings. The van der Waals surface area contributed by atoms with Crippen LogP contribution in [0, 0.1) is 12.8 Å². The molecule has 1 unspecified atom stereocenters. The van der Waals surface area contributed by atoms with Gasteiger partial charge in [0.05, 0.1) is 12.5 Å². The topological polar surface area (TPSA) is 75.9 Å². The summed E-state index contributed by atoms with van der Waals surface area (Å²) in [6.07, 6.45) is 1.61. The fraction of sp³-hybridized carbons (Fsp3) is 0.529. The zero-order valence-electron chi connectivity index (χ0n) is 13.8. The van der Waals surface area contributed by atoms with E-state index in [-0.39, 0.29) is 11.8 Å². The summed E-state index contributed by atoms with van der Waals surface area (Å²) in [5.74, 6) is 0.687. The van der Waals surface area contributed by atoms with E-state index in [0.717, 1.165) is 24.2 Å². The first-order valence-electron chi connectivity index (χ1n) is 7.96. The first-order chi connectivity index (χ1) is 11.0. The zero-order chi connectivity index (χ0) is 16.8. The number of carbonyl (C=O) groups excluding carboxylic acids is 2. The Kier molecular flexibility index (Phi) is 5.84. The minimum atomic E-state index is -0.451. The Morgan fingerprint density at radius 1 is 1.43 bits per heavy atom. The molecule has 0 aromatic heterocycles. The lowest BCUT2D eigenvalue weighted by molar-refractivity contribution is -0.135. The lowest BCUT2D eigenvalue weighted by Gasteiger charge is -2.32. The number of benzene rings is 1. The number of amides is 3. The molecule has 1 atom stereocenters. The number of piperidine rings is 1. The number of hydrogen-bond acceptors (Lipinski definition) is 3. The van der Waals surface area contributed by atoms with Gasteiger partial charge in [0.2, 0.25) is 5.91 Å². The molecule has 0 bridgehead atoms. The lowest BCUT2D eigenvalue weighted by Crippen LogP contribution is -2.48. The van der Waals surface area contributed by atoms with Crippen LogP contribution >= 0.6 is 0 Å². The number of hydrogen-bond donors (Lipinski definition) is 1. The van der Waals surface area contributed by atoms with Gasteiger partial charge in [0.1, 0.15) is 12.4 Å². The number of ether oxygens (including phenoxy) is 1. The maximum Gasteiger partial charge on any atom is 0.314 e. The van der Waals surface area contributed by atoms with E-state index in [1.54, 1.807) is 16.8 Å². The van der Waals surface area contributed by atoms with E-state index < -0.39 is 6.03 Å². The monoisotopic (exact) mass is 319 g/mol. The van der Waals surface area contributed by atoms with Crippen molar-refractivity contribution in [3.63, 3.8) is 0 Å². The molecule has 6 heteroatoms. The van der Waals surface area contributed by atoms with Gasteiger partial charge in [-0.1, -0.05) is 12.1 Å². The minimum Gasteiger partial charge on any atom is -0.492 e. The molecule has 1 aliphatic heterocycles. The van der Waals surface area contributed by atoms with Crippen molar-refractivity contribution in [2.24, 2.45) is 11.7 Å². The molecule has 1 heterocycles. The Morgan fingerprint density at radius 3 is 2.91 bits per heavy atom. The fourth-order valence-electron chi connectivity index (χ4n) is 2.81. The van der Waals surface area contributed by atoms with E-state index in [0.29, 0.717) is 26.2 Å². The Hall–Kier alpha value is -2.24. The molecule has 0 aliphatic carbocycles. The predicted octanol–water partition coefficient (Wildman–Crippen LogP) is 1.62. The van der Waals surface area contributed by atoms with Gasteiger partial charge in [-0.25, -0.2) is 4.79 Å². The van der Waals surface area contributed by atoms with Crippen LogP contribution in [0.3, 0.4) is 0 Å². The highest BCUT2D eigenvalue weighted by molar-refractivity contribution is 5.80. The summed E-state index contributed by atoms with van der Waals surface area (Å²) in [4.78, 5) is 26.9. The Balaban J connectivity index is 1.79. The highest BCUT2D eigenvalue weighted by atomic mass is 16.5. The summed E-state index contributed by atoms with van der Waals surface area (Å²) in [6.45, 7) is 4.02. The number of nitrogens with zero attached hydrogens (tertiary/aromatic N) is 2. The number of likely N-dealkylation sites (tertiary alicyclic amines) is 1. The molecule has 1 aromatic carbocycles. The number of urea groups is 1. The third kappa shape index (κ3) is 4.87. The summed E-state index contributed by atoms with van der Waals surface area (Å²) in [6, 6.07) is 7.37.